The van der Waals surface area contributed by atoms with Crippen LogP contribution in [0.2, 0.25) is 0 Å². The van der Waals surface area contributed by atoms with Crippen molar-refractivity contribution in [3.8, 4) is 0 Å². The van der Waals surface area contributed by atoms with Crippen LogP contribution in [0.25, 0.3) is 16.8 Å². The number of carbonyl (C=O) groups is 1. The number of fused-ring (bicyclic) bond motifs is 1. The zero-order valence-electron chi connectivity index (χ0n) is 10.5. The quantitative estimate of drug-likeness (QED) is 0.517. The number of halogens is 1. The molecule has 0 radical (unpaired) electrons. The second kappa shape index (κ2) is 5.13. The SMILES string of the molecule is O=C(C=Cc1ccc(F)cc1)c1occ2ccccc12. The molecule has 2 nitrogen and oxygen atoms in total. The van der Waals surface area contributed by atoms with Gasteiger partial charge >= 0.3 is 0 Å². The van der Waals surface area contributed by atoms with Crippen LogP contribution in [-0.2, 0) is 0 Å². The summed E-state index contributed by atoms with van der Waals surface area (Å²) in [6.07, 6.45) is 4.63. The average molecular weight is 266 g/mol. The van der Waals surface area contributed by atoms with E-state index in [1.165, 1.54) is 18.2 Å². The van der Waals surface area contributed by atoms with Gasteiger partial charge < -0.3 is 4.42 Å². The summed E-state index contributed by atoms with van der Waals surface area (Å²) in [4.78, 5) is 12.1. The van der Waals surface area contributed by atoms with Crippen LogP contribution in [0.15, 0.2) is 65.3 Å². The van der Waals surface area contributed by atoms with Gasteiger partial charge in [-0.3, -0.25) is 4.79 Å². The van der Waals surface area contributed by atoms with Gasteiger partial charge in [0.15, 0.2) is 5.76 Å². The van der Waals surface area contributed by atoms with E-state index in [9.17, 15) is 9.18 Å². The molecule has 3 heteroatoms. The number of ketones is 1. The molecule has 1 heterocycles. The Morgan fingerprint density at radius 2 is 1.80 bits per heavy atom. The molecule has 0 aliphatic heterocycles. The lowest BCUT2D eigenvalue weighted by atomic mass is 10.1. The molecule has 0 saturated carbocycles. The molecule has 3 aromatic rings. The first-order valence-electron chi connectivity index (χ1n) is 6.18. The highest BCUT2D eigenvalue weighted by Gasteiger charge is 2.11. The molecule has 0 aliphatic carbocycles. The largest absolute Gasteiger partial charge is 0.460 e. The maximum absolute atomic E-state index is 12.8. The van der Waals surface area contributed by atoms with E-state index < -0.39 is 0 Å². The fraction of sp³-hybridized carbons (Fsp3) is 0. The molecule has 0 bridgehead atoms. The van der Waals surface area contributed by atoms with Gasteiger partial charge in [0.05, 0.1) is 6.26 Å². The molecule has 0 fully saturated rings. The molecule has 2 aromatic carbocycles. The molecule has 0 aliphatic rings. The van der Waals surface area contributed by atoms with Gasteiger partial charge in [-0.25, -0.2) is 4.39 Å². The molecule has 0 spiro atoms. The van der Waals surface area contributed by atoms with Gasteiger partial charge in [0, 0.05) is 10.8 Å². The molecule has 3 rings (SSSR count). The van der Waals surface area contributed by atoms with E-state index >= 15 is 0 Å². The third-order valence-electron chi connectivity index (χ3n) is 3.03. The summed E-state index contributed by atoms with van der Waals surface area (Å²) in [7, 11) is 0. The van der Waals surface area contributed by atoms with Gasteiger partial charge in [0.1, 0.15) is 5.82 Å². The van der Waals surface area contributed by atoms with Crippen molar-refractivity contribution in [2.75, 3.05) is 0 Å². The average Bonchev–Trinajstić information content (AvgIpc) is 2.90. The molecule has 0 amide bonds. The van der Waals surface area contributed by atoms with E-state index in [0.29, 0.717) is 5.76 Å². The highest BCUT2D eigenvalue weighted by atomic mass is 19.1. The van der Waals surface area contributed by atoms with Gasteiger partial charge in [0.2, 0.25) is 5.78 Å². The van der Waals surface area contributed by atoms with Gasteiger partial charge in [-0.2, -0.15) is 0 Å². The first-order valence-corrected chi connectivity index (χ1v) is 6.18. The number of benzene rings is 2. The fourth-order valence-electron chi connectivity index (χ4n) is 2.00. The van der Waals surface area contributed by atoms with E-state index in [0.717, 1.165) is 16.3 Å². The van der Waals surface area contributed by atoms with Crippen LogP contribution in [0.4, 0.5) is 4.39 Å². The lowest BCUT2D eigenvalue weighted by Gasteiger charge is -1.94. The van der Waals surface area contributed by atoms with Crippen molar-refractivity contribution < 1.29 is 13.6 Å². The molecule has 0 atom stereocenters. The minimum Gasteiger partial charge on any atom is -0.460 e. The smallest absolute Gasteiger partial charge is 0.221 e. The Bertz CT molecular complexity index is 782. The van der Waals surface area contributed by atoms with Gasteiger partial charge in [-0.1, -0.05) is 42.5 Å². The summed E-state index contributed by atoms with van der Waals surface area (Å²) >= 11 is 0. The maximum atomic E-state index is 12.8. The van der Waals surface area contributed by atoms with E-state index in [1.807, 2.05) is 24.3 Å². The molecular weight excluding hydrogens is 255 g/mol. The molecule has 0 unspecified atom stereocenters. The summed E-state index contributed by atoms with van der Waals surface area (Å²) in [5.74, 6) is -0.194. The van der Waals surface area contributed by atoms with E-state index in [4.69, 9.17) is 4.42 Å². The Morgan fingerprint density at radius 3 is 2.60 bits per heavy atom. The summed E-state index contributed by atoms with van der Waals surface area (Å²) in [5, 5.41) is 1.69. The standard InChI is InChI=1S/C17H11FO2/c18-14-8-5-12(6-9-14)7-10-16(19)17-15-4-2-1-3-13(15)11-20-17/h1-11H. The zero-order chi connectivity index (χ0) is 13.9. The van der Waals surface area contributed by atoms with Crippen LogP contribution < -0.4 is 0 Å². The highest BCUT2D eigenvalue weighted by molar-refractivity contribution is 6.12. The molecule has 0 N–H and O–H groups in total. The summed E-state index contributed by atoms with van der Waals surface area (Å²) in [6.45, 7) is 0. The molecule has 20 heavy (non-hydrogen) atoms. The van der Waals surface area contributed by atoms with Crippen molar-refractivity contribution in [1.29, 1.82) is 0 Å². The van der Waals surface area contributed by atoms with Gasteiger partial charge in [0.25, 0.3) is 0 Å². The number of hydrogen-bond donors (Lipinski definition) is 0. The lowest BCUT2D eigenvalue weighted by Crippen LogP contribution is -1.91. The normalized spacial score (nSPS) is 11.2. The van der Waals surface area contributed by atoms with E-state index in [1.54, 1.807) is 24.5 Å². The Labute approximate surface area is 115 Å². The Kier molecular flexibility index (Phi) is 3.17. The fourth-order valence-corrected chi connectivity index (χ4v) is 2.00. The number of furan rings is 1. The molecule has 1 aromatic heterocycles. The van der Waals surface area contributed by atoms with Crippen LogP contribution in [0.3, 0.4) is 0 Å². The molecule has 0 saturated heterocycles. The van der Waals surface area contributed by atoms with Gasteiger partial charge in [-0.15, -0.1) is 0 Å². The number of carbonyl (C=O) groups excluding carboxylic acids is 1. The second-order valence-corrected chi connectivity index (χ2v) is 4.40. The van der Waals surface area contributed by atoms with Crippen LogP contribution in [0.1, 0.15) is 16.1 Å². The van der Waals surface area contributed by atoms with Gasteiger partial charge in [-0.05, 0) is 23.8 Å². The third-order valence-corrected chi connectivity index (χ3v) is 3.03. The topological polar surface area (TPSA) is 30.2 Å². The summed E-state index contributed by atoms with van der Waals surface area (Å²) in [6, 6.07) is 13.4. The van der Waals surface area contributed by atoms with Crippen LogP contribution >= 0.6 is 0 Å². The Hall–Kier alpha value is -2.68. The minimum absolute atomic E-state index is 0.212. The van der Waals surface area contributed by atoms with Crippen LogP contribution in [0.5, 0.6) is 0 Å². The lowest BCUT2D eigenvalue weighted by molar-refractivity contribution is 0.102. The minimum atomic E-state index is -0.300. The molecule has 98 valence electrons. The number of hydrogen-bond acceptors (Lipinski definition) is 2. The van der Waals surface area contributed by atoms with Crippen molar-refractivity contribution >= 4 is 22.6 Å². The van der Waals surface area contributed by atoms with Crippen molar-refractivity contribution in [3.05, 3.63) is 78.0 Å². The summed E-state index contributed by atoms with van der Waals surface area (Å²) in [5.41, 5.74) is 0.760. The first-order chi connectivity index (χ1) is 9.74. The van der Waals surface area contributed by atoms with Crippen LogP contribution in [-0.4, -0.2) is 5.78 Å². The van der Waals surface area contributed by atoms with Crippen molar-refractivity contribution in [3.63, 3.8) is 0 Å². The first kappa shape index (κ1) is 12.4. The highest BCUT2D eigenvalue weighted by Crippen LogP contribution is 2.21. The van der Waals surface area contributed by atoms with E-state index in [-0.39, 0.29) is 11.6 Å². The van der Waals surface area contributed by atoms with E-state index in [2.05, 4.69) is 0 Å². The second-order valence-electron chi connectivity index (χ2n) is 4.40. The molecular formula is C17H11FO2. The monoisotopic (exact) mass is 266 g/mol. The third kappa shape index (κ3) is 2.38. The Balaban J connectivity index is 1.87. The zero-order valence-corrected chi connectivity index (χ0v) is 10.5. The maximum Gasteiger partial charge on any atom is 0.221 e. The van der Waals surface area contributed by atoms with Crippen molar-refractivity contribution in [2.45, 2.75) is 0 Å². The predicted octanol–water partition coefficient (Wildman–Crippen LogP) is 4.47. The van der Waals surface area contributed by atoms with Crippen LogP contribution in [0, 0.1) is 5.82 Å². The number of rotatable bonds is 3. The van der Waals surface area contributed by atoms with Crippen molar-refractivity contribution in [2.24, 2.45) is 0 Å². The van der Waals surface area contributed by atoms with Crippen molar-refractivity contribution in [1.82, 2.24) is 0 Å². The predicted molar refractivity (Wildman–Crippen MR) is 76.0 cm³/mol. The Morgan fingerprint density at radius 1 is 1.05 bits per heavy atom. The summed E-state index contributed by atoms with van der Waals surface area (Å²) < 4.78 is 18.1. The number of allylic oxidation sites excluding steroid dienone is 1.